The van der Waals surface area contributed by atoms with Gasteiger partial charge in [0, 0.05) is 4.88 Å². The molecule has 0 saturated carbocycles. The third-order valence-corrected chi connectivity index (χ3v) is 4.98. The maximum absolute atomic E-state index is 12.4. The van der Waals surface area contributed by atoms with E-state index in [0.29, 0.717) is 13.1 Å². The Bertz CT molecular complexity index is 733. The van der Waals surface area contributed by atoms with Crippen molar-refractivity contribution in [1.82, 2.24) is 10.2 Å². The van der Waals surface area contributed by atoms with E-state index in [0.717, 1.165) is 0 Å². The molecule has 0 bridgehead atoms. The lowest BCUT2D eigenvalue weighted by Crippen LogP contribution is -2.37. The van der Waals surface area contributed by atoms with Gasteiger partial charge in [-0.3, -0.25) is 9.69 Å². The van der Waals surface area contributed by atoms with Crippen LogP contribution in [0.15, 0.2) is 78.2 Å². The monoisotopic (exact) mass is 350 g/mol. The number of carbonyl (C=O) groups is 1. The fourth-order valence-electron chi connectivity index (χ4n) is 2.94. The molecule has 2 aromatic carbocycles. The van der Waals surface area contributed by atoms with Crippen molar-refractivity contribution < 1.29 is 4.79 Å². The molecule has 0 spiro atoms. The number of hydrogen-bond donors (Lipinski definition) is 1. The molecule has 0 atom stereocenters. The second kappa shape index (κ2) is 8.60. The van der Waals surface area contributed by atoms with E-state index in [9.17, 15) is 4.79 Å². The van der Waals surface area contributed by atoms with Crippen LogP contribution in [-0.2, 0) is 11.3 Å². The number of rotatable bonds is 7. The molecule has 4 heteroatoms. The number of nitrogens with one attached hydrogen (secondary N) is 1. The number of amides is 1. The van der Waals surface area contributed by atoms with Crippen molar-refractivity contribution in [2.45, 2.75) is 12.6 Å². The first-order valence-corrected chi connectivity index (χ1v) is 9.21. The summed E-state index contributed by atoms with van der Waals surface area (Å²) >= 11 is 1.66. The van der Waals surface area contributed by atoms with Gasteiger partial charge in [-0.25, -0.2) is 0 Å². The molecular formula is C21H22N2OS. The Morgan fingerprint density at radius 2 is 1.56 bits per heavy atom. The van der Waals surface area contributed by atoms with Crippen LogP contribution in [0.2, 0.25) is 0 Å². The van der Waals surface area contributed by atoms with Gasteiger partial charge in [0.15, 0.2) is 0 Å². The van der Waals surface area contributed by atoms with Crippen molar-refractivity contribution in [3.05, 3.63) is 94.2 Å². The van der Waals surface area contributed by atoms with Gasteiger partial charge in [0.25, 0.3) is 0 Å². The van der Waals surface area contributed by atoms with Crippen LogP contribution in [0.4, 0.5) is 0 Å². The summed E-state index contributed by atoms with van der Waals surface area (Å²) in [6, 6.07) is 24.7. The van der Waals surface area contributed by atoms with Crippen molar-refractivity contribution in [1.29, 1.82) is 0 Å². The van der Waals surface area contributed by atoms with Gasteiger partial charge in [0.1, 0.15) is 0 Å². The van der Waals surface area contributed by atoms with E-state index in [1.165, 1.54) is 16.0 Å². The van der Waals surface area contributed by atoms with Crippen LogP contribution >= 0.6 is 11.3 Å². The van der Waals surface area contributed by atoms with Crippen molar-refractivity contribution in [2.75, 3.05) is 13.6 Å². The van der Waals surface area contributed by atoms with E-state index in [1.807, 2.05) is 61.0 Å². The predicted molar refractivity (Wildman–Crippen MR) is 104 cm³/mol. The molecule has 128 valence electrons. The van der Waals surface area contributed by atoms with E-state index in [1.54, 1.807) is 11.3 Å². The summed E-state index contributed by atoms with van der Waals surface area (Å²) in [5.41, 5.74) is 2.37. The molecule has 0 radical (unpaired) electrons. The maximum atomic E-state index is 12.4. The molecular weight excluding hydrogens is 328 g/mol. The highest BCUT2D eigenvalue weighted by molar-refractivity contribution is 7.09. The lowest BCUT2D eigenvalue weighted by atomic mass is 9.97. The third-order valence-electron chi connectivity index (χ3n) is 4.10. The van der Waals surface area contributed by atoms with Gasteiger partial charge in [-0.1, -0.05) is 66.7 Å². The second-order valence-electron chi connectivity index (χ2n) is 6.00. The predicted octanol–water partition coefficient (Wildman–Crippen LogP) is 4.09. The molecule has 0 unspecified atom stereocenters. The molecule has 1 N–H and O–H groups in total. The van der Waals surface area contributed by atoms with Gasteiger partial charge in [-0.2, -0.15) is 0 Å². The Kier molecular flexibility index (Phi) is 5.99. The number of nitrogens with zero attached hydrogens (tertiary/aromatic N) is 1. The summed E-state index contributed by atoms with van der Waals surface area (Å²) < 4.78 is 0. The Balaban J connectivity index is 1.71. The van der Waals surface area contributed by atoms with Crippen LogP contribution in [0, 0.1) is 0 Å². The summed E-state index contributed by atoms with van der Waals surface area (Å²) in [5.74, 6) is 0.0350. The van der Waals surface area contributed by atoms with Crippen molar-refractivity contribution in [3.63, 3.8) is 0 Å². The molecule has 0 aliphatic rings. The van der Waals surface area contributed by atoms with Gasteiger partial charge < -0.3 is 5.32 Å². The summed E-state index contributed by atoms with van der Waals surface area (Å²) in [6.07, 6.45) is 0. The Morgan fingerprint density at radius 1 is 0.960 bits per heavy atom. The van der Waals surface area contributed by atoms with E-state index in [4.69, 9.17) is 0 Å². The highest BCUT2D eigenvalue weighted by Crippen LogP contribution is 2.27. The number of thiophene rings is 1. The molecule has 3 nitrogen and oxygen atoms in total. The molecule has 3 aromatic rings. The minimum absolute atomic E-state index is 0.0350. The fraction of sp³-hybridized carbons (Fsp3) is 0.190. The van der Waals surface area contributed by atoms with Crippen LogP contribution in [0.3, 0.4) is 0 Å². The third kappa shape index (κ3) is 4.78. The molecule has 0 aliphatic carbocycles. The van der Waals surface area contributed by atoms with Crippen molar-refractivity contribution in [2.24, 2.45) is 0 Å². The van der Waals surface area contributed by atoms with E-state index >= 15 is 0 Å². The fourth-order valence-corrected chi connectivity index (χ4v) is 3.59. The topological polar surface area (TPSA) is 32.3 Å². The first kappa shape index (κ1) is 17.4. The lowest BCUT2D eigenvalue weighted by Gasteiger charge is -2.28. The normalized spacial score (nSPS) is 11.0. The first-order valence-electron chi connectivity index (χ1n) is 8.33. The van der Waals surface area contributed by atoms with Gasteiger partial charge >= 0.3 is 0 Å². The van der Waals surface area contributed by atoms with Crippen LogP contribution in [0.5, 0.6) is 0 Å². The highest BCUT2D eigenvalue weighted by atomic mass is 32.1. The minimum atomic E-state index is 0.0350. The number of benzene rings is 2. The zero-order chi connectivity index (χ0) is 17.5. The standard InChI is InChI=1S/C21H22N2OS/c1-23(16-20(24)22-15-19-13-8-14-25-19)21(17-9-4-2-5-10-17)18-11-6-3-7-12-18/h2-14,21H,15-16H2,1H3,(H,22,24). The quantitative estimate of drug-likeness (QED) is 0.696. The number of hydrogen-bond acceptors (Lipinski definition) is 3. The van der Waals surface area contributed by atoms with Crippen LogP contribution < -0.4 is 5.32 Å². The van der Waals surface area contributed by atoms with E-state index < -0.39 is 0 Å². The van der Waals surface area contributed by atoms with Crippen LogP contribution in [-0.4, -0.2) is 24.4 Å². The van der Waals surface area contributed by atoms with Crippen molar-refractivity contribution in [3.8, 4) is 0 Å². The molecule has 1 amide bonds. The van der Waals surface area contributed by atoms with Crippen LogP contribution in [0.1, 0.15) is 22.0 Å². The number of carbonyl (C=O) groups excluding carboxylic acids is 1. The van der Waals surface area contributed by atoms with E-state index in [2.05, 4.69) is 34.5 Å². The number of likely N-dealkylation sites (N-methyl/N-ethyl adjacent to an activating group) is 1. The average Bonchev–Trinajstić information content (AvgIpc) is 3.16. The van der Waals surface area contributed by atoms with Crippen LogP contribution in [0.25, 0.3) is 0 Å². The molecule has 1 aromatic heterocycles. The molecule has 25 heavy (non-hydrogen) atoms. The van der Waals surface area contributed by atoms with Gasteiger partial charge in [-0.05, 0) is 29.6 Å². The van der Waals surface area contributed by atoms with E-state index in [-0.39, 0.29) is 11.9 Å². The van der Waals surface area contributed by atoms with Gasteiger partial charge in [0.2, 0.25) is 5.91 Å². The molecule has 0 aliphatic heterocycles. The summed E-state index contributed by atoms with van der Waals surface area (Å²) in [6.45, 7) is 0.936. The first-order chi connectivity index (χ1) is 12.2. The average molecular weight is 350 g/mol. The molecule has 3 rings (SSSR count). The minimum Gasteiger partial charge on any atom is -0.350 e. The van der Waals surface area contributed by atoms with Gasteiger partial charge in [-0.15, -0.1) is 11.3 Å². The molecule has 0 saturated heterocycles. The smallest absolute Gasteiger partial charge is 0.234 e. The Hall–Kier alpha value is -2.43. The Labute approximate surface area is 152 Å². The SMILES string of the molecule is CN(CC(=O)NCc1cccs1)C(c1ccccc1)c1ccccc1. The lowest BCUT2D eigenvalue weighted by molar-refractivity contribution is -0.122. The molecule has 0 fully saturated rings. The molecule has 1 heterocycles. The summed E-state index contributed by atoms with van der Waals surface area (Å²) in [5, 5.41) is 5.03. The zero-order valence-electron chi connectivity index (χ0n) is 14.3. The summed E-state index contributed by atoms with van der Waals surface area (Å²) in [7, 11) is 2.00. The second-order valence-corrected chi connectivity index (χ2v) is 7.03. The largest absolute Gasteiger partial charge is 0.350 e. The zero-order valence-corrected chi connectivity index (χ0v) is 15.1. The summed E-state index contributed by atoms with van der Waals surface area (Å²) in [4.78, 5) is 15.6. The highest BCUT2D eigenvalue weighted by Gasteiger charge is 2.20. The van der Waals surface area contributed by atoms with Crippen molar-refractivity contribution >= 4 is 17.2 Å². The van der Waals surface area contributed by atoms with Gasteiger partial charge in [0.05, 0.1) is 19.1 Å². The maximum Gasteiger partial charge on any atom is 0.234 e. The Morgan fingerprint density at radius 3 is 2.08 bits per heavy atom.